The average Bonchev–Trinajstić information content (AvgIpc) is 2.82. The summed E-state index contributed by atoms with van der Waals surface area (Å²) in [5, 5.41) is 20.1. The standard InChI is InChI=1S/C24H21N5O2/c1-28-13-21(22-14-29(15-30)9-8-19(22)24(28)31)18-6-7-23(27-12-18)20(11-26)17-4-2-16(10-25)3-5-17/h2-7,11-13,15,26-27H,8-9,14H2,1H3/b23-20+,26-11?. The molecule has 0 radical (unpaired) electrons. The lowest BCUT2D eigenvalue weighted by molar-refractivity contribution is -0.118. The highest BCUT2D eigenvalue weighted by molar-refractivity contribution is 6.10. The first-order valence-corrected chi connectivity index (χ1v) is 9.87. The van der Waals surface area contributed by atoms with Crippen molar-refractivity contribution >= 4 is 23.8 Å². The number of nitrogens with one attached hydrogen (secondary N) is 2. The number of aryl methyl sites for hydroxylation is 1. The van der Waals surface area contributed by atoms with E-state index in [0.717, 1.165) is 39.9 Å². The second-order valence-electron chi connectivity index (χ2n) is 7.48. The first kappa shape index (κ1) is 20.1. The van der Waals surface area contributed by atoms with Crippen LogP contribution < -0.4 is 10.9 Å². The molecule has 0 atom stereocenters. The molecule has 1 aromatic carbocycles. The van der Waals surface area contributed by atoms with E-state index in [4.69, 9.17) is 10.7 Å². The number of hydrogen-bond donors (Lipinski definition) is 2. The van der Waals surface area contributed by atoms with Crippen LogP contribution in [0.1, 0.15) is 27.8 Å². The lowest BCUT2D eigenvalue weighted by Gasteiger charge is -2.28. The van der Waals surface area contributed by atoms with Gasteiger partial charge in [-0.25, -0.2) is 0 Å². The zero-order valence-corrected chi connectivity index (χ0v) is 17.1. The Balaban J connectivity index is 1.71. The molecule has 7 nitrogen and oxygen atoms in total. The third-order valence-corrected chi connectivity index (χ3v) is 5.63. The van der Waals surface area contributed by atoms with Gasteiger partial charge in [-0.15, -0.1) is 0 Å². The number of rotatable bonds is 4. The van der Waals surface area contributed by atoms with Crippen LogP contribution in [0.25, 0.3) is 11.1 Å². The van der Waals surface area contributed by atoms with Crippen molar-refractivity contribution in [2.75, 3.05) is 6.54 Å². The Morgan fingerprint density at radius 3 is 2.61 bits per heavy atom. The Kier molecular flexibility index (Phi) is 5.37. The third-order valence-electron chi connectivity index (χ3n) is 5.63. The minimum Gasteiger partial charge on any atom is -0.361 e. The first-order chi connectivity index (χ1) is 15.0. The van der Waals surface area contributed by atoms with E-state index in [0.29, 0.717) is 30.6 Å². The highest BCUT2D eigenvalue weighted by Gasteiger charge is 2.23. The molecule has 2 aliphatic heterocycles. The fourth-order valence-electron chi connectivity index (χ4n) is 3.95. The van der Waals surface area contributed by atoms with Crippen molar-refractivity contribution in [1.29, 1.82) is 10.7 Å². The molecule has 0 aliphatic carbocycles. The number of benzene rings is 1. The molecular formula is C24H21N5O2. The molecule has 0 saturated heterocycles. The third kappa shape index (κ3) is 3.71. The van der Waals surface area contributed by atoms with E-state index in [-0.39, 0.29) is 5.56 Å². The summed E-state index contributed by atoms with van der Waals surface area (Å²) in [5.41, 5.74) is 6.27. The largest absolute Gasteiger partial charge is 0.361 e. The zero-order chi connectivity index (χ0) is 22.0. The number of pyridine rings is 1. The highest BCUT2D eigenvalue weighted by atomic mass is 16.1. The van der Waals surface area contributed by atoms with Gasteiger partial charge in [-0.3, -0.25) is 9.59 Å². The van der Waals surface area contributed by atoms with Gasteiger partial charge in [0.05, 0.1) is 11.6 Å². The molecule has 0 spiro atoms. The molecule has 2 N–H and O–H groups in total. The van der Waals surface area contributed by atoms with Crippen molar-refractivity contribution in [1.82, 2.24) is 14.8 Å². The van der Waals surface area contributed by atoms with Crippen LogP contribution in [0.2, 0.25) is 0 Å². The van der Waals surface area contributed by atoms with Crippen LogP contribution >= 0.6 is 0 Å². The Morgan fingerprint density at radius 2 is 2.00 bits per heavy atom. The fraction of sp³-hybridized carbons (Fsp3) is 0.167. The number of nitriles is 1. The van der Waals surface area contributed by atoms with Crippen molar-refractivity contribution < 1.29 is 4.79 Å². The van der Waals surface area contributed by atoms with Gasteiger partial charge in [0.25, 0.3) is 5.56 Å². The molecule has 4 rings (SSSR count). The maximum absolute atomic E-state index is 12.6. The van der Waals surface area contributed by atoms with E-state index in [2.05, 4.69) is 11.4 Å². The van der Waals surface area contributed by atoms with Crippen molar-refractivity contribution in [3.8, 4) is 6.07 Å². The van der Waals surface area contributed by atoms with Crippen molar-refractivity contribution in [3.05, 3.63) is 92.7 Å². The summed E-state index contributed by atoms with van der Waals surface area (Å²) >= 11 is 0. The number of dihydropyridines is 1. The van der Waals surface area contributed by atoms with E-state index in [9.17, 15) is 9.59 Å². The Hall–Kier alpha value is -4.18. The van der Waals surface area contributed by atoms with E-state index in [1.165, 1.54) is 6.21 Å². The minimum atomic E-state index is -0.0230. The van der Waals surface area contributed by atoms with Crippen LogP contribution in [-0.4, -0.2) is 28.6 Å². The number of nitrogens with zero attached hydrogens (tertiary/aromatic N) is 3. The smallest absolute Gasteiger partial charge is 0.253 e. The van der Waals surface area contributed by atoms with E-state index in [1.807, 2.05) is 30.5 Å². The second-order valence-corrected chi connectivity index (χ2v) is 7.48. The molecule has 0 fully saturated rings. The van der Waals surface area contributed by atoms with Crippen LogP contribution in [0, 0.1) is 16.7 Å². The normalized spacial score (nSPS) is 16.5. The molecule has 0 unspecified atom stereocenters. The Bertz CT molecular complexity index is 1260. The van der Waals surface area contributed by atoms with Gasteiger partial charge in [0.2, 0.25) is 6.41 Å². The molecule has 2 aromatic rings. The SMILES string of the molecule is Cn1cc(C2=CN/C(=C(\C=N)c3ccc(C#N)cc3)C=C2)c2c(c1=O)CCN(C=O)C2. The number of fused-ring (bicyclic) bond motifs is 1. The Morgan fingerprint density at radius 1 is 1.23 bits per heavy atom. The van der Waals surface area contributed by atoms with Gasteiger partial charge in [-0.2, -0.15) is 5.26 Å². The molecule has 31 heavy (non-hydrogen) atoms. The quantitative estimate of drug-likeness (QED) is 0.595. The van der Waals surface area contributed by atoms with Crippen LogP contribution in [0.4, 0.5) is 0 Å². The summed E-state index contributed by atoms with van der Waals surface area (Å²) in [7, 11) is 1.74. The first-order valence-electron chi connectivity index (χ1n) is 9.87. The fourth-order valence-corrected chi connectivity index (χ4v) is 3.95. The van der Waals surface area contributed by atoms with Gasteiger partial charge < -0.3 is 20.2 Å². The van der Waals surface area contributed by atoms with Crippen LogP contribution in [-0.2, 0) is 24.8 Å². The van der Waals surface area contributed by atoms with Crippen molar-refractivity contribution in [2.45, 2.75) is 13.0 Å². The van der Waals surface area contributed by atoms with Gasteiger partial charge in [-0.05, 0) is 41.3 Å². The van der Waals surface area contributed by atoms with Crippen molar-refractivity contribution in [2.24, 2.45) is 7.05 Å². The second kappa shape index (κ2) is 8.28. The molecule has 2 aliphatic rings. The summed E-state index contributed by atoms with van der Waals surface area (Å²) in [6, 6.07) is 9.18. The number of hydrogen-bond acceptors (Lipinski definition) is 5. The molecule has 0 bridgehead atoms. The predicted molar refractivity (Wildman–Crippen MR) is 119 cm³/mol. The molecule has 3 heterocycles. The lowest BCUT2D eigenvalue weighted by atomic mass is 9.92. The maximum atomic E-state index is 12.6. The topological polar surface area (TPSA) is 102 Å². The maximum Gasteiger partial charge on any atom is 0.253 e. The molecular weight excluding hydrogens is 390 g/mol. The van der Waals surface area contributed by atoms with Crippen LogP contribution in [0.5, 0.6) is 0 Å². The summed E-state index contributed by atoms with van der Waals surface area (Å²) < 4.78 is 1.59. The average molecular weight is 411 g/mol. The van der Waals surface area contributed by atoms with Gasteiger partial charge in [0.15, 0.2) is 0 Å². The van der Waals surface area contributed by atoms with Crippen molar-refractivity contribution in [3.63, 3.8) is 0 Å². The zero-order valence-electron chi connectivity index (χ0n) is 17.1. The highest BCUT2D eigenvalue weighted by Crippen LogP contribution is 2.28. The lowest BCUT2D eigenvalue weighted by Crippen LogP contribution is -2.36. The van der Waals surface area contributed by atoms with Gasteiger partial charge >= 0.3 is 0 Å². The minimum absolute atomic E-state index is 0.0230. The molecule has 1 aromatic heterocycles. The number of allylic oxidation sites excluding steroid dienone is 4. The number of aromatic nitrogens is 1. The predicted octanol–water partition coefficient (Wildman–Crippen LogP) is 2.33. The van der Waals surface area contributed by atoms with Crippen LogP contribution in [0.3, 0.4) is 0 Å². The summed E-state index contributed by atoms with van der Waals surface area (Å²) in [6.45, 7) is 0.956. The van der Waals surface area contributed by atoms with E-state index >= 15 is 0 Å². The summed E-state index contributed by atoms with van der Waals surface area (Å²) in [6.07, 6.45) is 10.1. The number of amides is 1. The van der Waals surface area contributed by atoms with Crippen LogP contribution in [0.15, 0.2) is 59.3 Å². The summed E-state index contributed by atoms with van der Waals surface area (Å²) in [5.74, 6) is 0. The summed E-state index contributed by atoms with van der Waals surface area (Å²) in [4.78, 5) is 25.5. The van der Waals surface area contributed by atoms with E-state index < -0.39 is 0 Å². The number of carbonyl (C=O) groups is 1. The molecule has 154 valence electrons. The van der Waals surface area contributed by atoms with Gasteiger partial charge in [0, 0.05) is 61.1 Å². The van der Waals surface area contributed by atoms with Gasteiger partial charge in [-0.1, -0.05) is 18.2 Å². The Labute approximate surface area is 179 Å². The monoisotopic (exact) mass is 411 g/mol. The van der Waals surface area contributed by atoms with E-state index in [1.54, 1.807) is 34.8 Å². The molecule has 1 amide bonds. The molecule has 7 heteroatoms. The molecule has 0 saturated carbocycles. The number of carbonyl (C=O) groups excluding carboxylic acids is 1. The van der Waals surface area contributed by atoms with Gasteiger partial charge in [0.1, 0.15) is 0 Å².